The highest BCUT2D eigenvalue weighted by molar-refractivity contribution is 7.46. The molecule has 0 aliphatic heterocycles. The summed E-state index contributed by atoms with van der Waals surface area (Å²) in [7, 11) is -5.85. The summed E-state index contributed by atoms with van der Waals surface area (Å²) in [6, 6.07) is 0. The first-order valence-corrected chi connectivity index (χ1v) is 9.41. The van der Waals surface area contributed by atoms with Crippen LogP contribution in [0.2, 0.25) is 0 Å². The van der Waals surface area contributed by atoms with Crippen LogP contribution in [0.3, 0.4) is 0 Å². The standard InChI is InChI=1S/C12H26O.O5P2/c1-2-3-4-5-6-7-8-9-10-11-12-13;1-6(2)5-7(3)4/h13H,2-12H2,1H3;/p+2. The van der Waals surface area contributed by atoms with Crippen LogP contribution in [-0.2, 0) is 13.4 Å². The maximum atomic E-state index is 9.39. The molecule has 0 bridgehead atoms. The van der Waals surface area contributed by atoms with Crippen molar-refractivity contribution in [2.75, 3.05) is 6.61 Å². The van der Waals surface area contributed by atoms with Crippen molar-refractivity contribution in [1.82, 2.24) is 0 Å². The van der Waals surface area contributed by atoms with Gasteiger partial charge in [-0.25, -0.2) is 0 Å². The lowest BCUT2D eigenvalue weighted by atomic mass is 10.1. The van der Waals surface area contributed by atoms with Gasteiger partial charge in [0.1, 0.15) is 0 Å². The Morgan fingerprint density at radius 3 is 1.35 bits per heavy atom. The molecule has 0 radical (unpaired) electrons. The van der Waals surface area contributed by atoms with E-state index in [0.717, 1.165) is 6.42 Å². The molecule has 2 unspecified atom stereocenters. The molecule has 0 aromatic heterocycles. The molecule has 0 saturated carbocycles. The van der Waals surface area contributed by atoms with E-state index in [2.05, 4.69) is 11.2 Å². The highest BCUT2D eigenvalue weighted by Crippen LogP contribution is 2.30. The van der Waals surface area contributed by atoms with E-state index in [-0.39, 0.29) is 0 Å². The molecule has 6 nitrogen and oxygen atoms in total. The fourth-order valence-corrected chi connectivity index (χ4v) is 2.14. The predicted molar refractivity (Wildman–Crippen MR) is 79.7 cm³/mol. The van der Waals surface area contributed by atoms with Gasteiger partial charge in [-0.2, -0.15) is 0 Å². The Morgan fingerprint density at radius 1 is 0.750 bits per heavy atom. The molecule has 3 N–H and O–H groups in total. The van der Waals surface area contributed by atoms with Crippen molar-refractivity contribution in [1.29, 1.82) is 0 Å². The summed E-state index contributed by atoms with van der Waals surface area (Å²) in [5, 5.41) is 8.57. The van der Waals surface area contributed by atoms with Gasteiger partial charge in [0.2, 0.25) is 0 Å². The van der Waals surface area contributed by atoms with Gasteiger partial charge in [0.15, 0.2) is 4.31 Å². The number of hydrogen-bond acceptors (Lipinski definition) is 4. The molecule has 20 heavy (non-hydrogen) atoms. The van der Waals surface area contributed by atoms with Crippen LogP contribution in [0.1, 0.15) is 71.1 Å². The topological polar surface area (TPSA) is 104 Å². The molecule has 0 aromatic rings. The smallest absolute Gasteiger partial charge is 0.396 e. The van der Waals surface area contributed by atoms with Crippen molar-refractivity contribution in [2.45, 2.75) is 71.1 Å². The first-order chi connectivity index (χ1) is 9.54. The molecule has 0 spiro atoms. The average molecular weight is 330 g/mol. The summed E-state index contributed by atoms with van der Waals surface area (Å²) in [5.41, 5.74) is 0. The van der Waals surface area contributed by atoms with Crippen molar-refractivity contribution < 1.29 is 28.3 Å². The van der Waals surface area contributed by atoms with Crippen molar-refractivity contribution >= 4 is 16.5 Å². The molecule has 0 saturated heterocycles. The number of rotatable bonds is 12. The zero-order chi connectivity index (χ0) is 15.6. The second-order valence-electron chi connectivity index (χ2n) is 4.46. The largest absolute Gasteiger partial charge is 0.745 e. The minimum absolute atomic E-state index is 0.372. The van der Waals surface area contributed by atoms with E-state index >= 15 is 0 Å². The first-order valence-electron chi connectivity index (χ1n) is 7.15. The molecule has 8 heteroatoms. The molecule has 0 aliphatic carbocycles. The second-order valence-corrected chi connectivity index (χ2v) is 6.07. The summed E-state index contributed by atoms with van der Waals surface area (Å²) in [5.74, 6) is 0. The fraction of sp³-hybridized carbons (Fsp3) is 1.00. The lowest BCUT2D eigenvalue weighted by Gasteiger charge is -2.00. The summed E-state index contributed by atoms with van der Waals surface area (Å²) < 4.78 is 22.2. The molecule has 0 heterocycles. The van der Waals surface area contributed by atoms with Crippen molar-refractivity contribution in [3.63, 3.8) is 0 Å². The number of hydrogen-bond donors (Lipinski definition) is 3. The summed E-state index contributed by atoms with van der Waals surface area (Å²) in [6.45, 7) is 2.63. The van der Waals surface area contributed by atoms with E-state index in [1.807, 2.05) is 0 Å². The van der Waals surface area contributed by atoms with Gasteiger partial charge < -0.3 is 5.11 Å². The Labute approximate surface area is 123 Å². The zero-order valence-corrected chi connectivity index (χ0v) is 14.0. The lowest BCUT2D eigenvalue weighted by molar-refractivity contribution is 0.282. The van der Waals surface area contributed by atoms with Gasteiger partial charge >= 0.3 is 16.5 Å². The van der Waals surface area contributed by atoms with Crippen molar-refractivity contribution in [3.8, 4) is 0 Å². The monoisotopic (exact) mass is 330 g/mol. The Kier molecular flexibility index (Phi) is 21.3. The van der Waals surface area contributed by atoms with Gasteiger partial charge in [-0.1, -0.05) is 64.7 Å². The third-order valence-electron chi connectivity index (χ3n) is 2.65. The average Bonchev–Trinajstić information content (AvgIpc) is 2.36. The maximum Gasteiger partial charge on any atom is 0.745 e. The van der Waals surface area contributed by atoms with Gasteiger partial charge in [-0.15, -0.1) is 9.79 Å². The predicted octanol–water partition coefficient (Wildman–Crippen LogP) is 4.20. The third kappa shape index (κ3) is 26.6. The molecule has 0 aromatic carbocycles. The number of unbranched alkanes of at least 4 members (excludes halogenated alkanes) is 9. The molecular formula is C12H28O6P2+2. The van der Waals surface area contributed by atoms with Crippen LogP contribution in [-0.4, -0.2) is 21.5 Å². The van der Waals surface area contributed by atoms with Crippen LogP contribution in [0.25, 0.3) is 0 Å². The molecular weight excluding hydrogens is 302 g/mol. The highest BCUT2D eigenvalue weighted by Gasteiger charge is 2.31. The van der Waals surface area contributed by atoms with Crippen LogP contribution in [0.5, 0.6) is 0 Å². The molecule has 0 rings (SSSR count). The SMILES string of the molecule is CCCCCCCCCCCCO.O=[P+](O)O[P+](=O)O. The van der Waals surface area contributed by atoms with Crippen LogP contribution < -0.4 is 0 Å². The van der Waals surface area contributed by atoms with Gasteiger partial charge in [-0.3, -0.25) is 0 Å². The molecule has 2 atom stereocenters. The van der Waals surface area contributed by atoms with Gasteiger partial charge in [0.05, 0.1) is 0 Å². The van der Waals surface area contributed by atoms with E-state index in [1.165, 1.54) is 57.8 Å². The molecule has 120 valence electrons. The first kappa shape index (κ1) is 22.3. The Hall–Kier alpha value is 0.0400. The fourth-order valence-electron chi connectivity index (χ4n) is 1.66. The highest BCUT2D eigenvalue weighted by atomic mass is 31.2. The Bertz CT molecular complexity index is 216. The molecule has 0 amide bonds. The van der Waals surface area contributed by atoms with Crippen LogP contribution >= 0.6 is 16.5 Å². The summed E-state index contributed by atoms with van der Waals surface area (Å²) >= 11 is 0. The van der Waals surface area contributed by atoms with Crippen LogP contribution in [0.15, 0.2) is 0 Å². The van der Waals surface area contributed by atoms with E-state index < -0.39 is 16.5 Å². The van der Waals surface area contributed by atoms with Crippen molar-refractivity contribution in [3.05, 3.63) is 0 Å². The maximum absolute atomic E-state index is 9.39. The van der Waals surface area contributed by atoms with E-state index in [4.69, 9.17) is 14.9 Å². The summed E-state index contributed by atoms with van der Waals surface area (Å²) in [4.78, 5) is 15.3. The second kappa shape index (κ2) is 19.0. The van der Waals surface area contributed by atoms with E-state index in [1.54, 1.807) is 0 Å². The quantitative estimate of drug-likeness (QED) is 0.366. The van der Waals surface area contributed by atoms with Gasteiger partial charge in [-0.05, 0) is 6.42 Å². The lowest BCUT2D eigenvalue weighted by Crippen LogP contribution is -1.84. The van der Waals surface area contributed by atoms with E-state index in [0.29, 0.717) is 6.61 Å². The zero-order valence-electron chi connectivity index (χ0n) is 12.2. The van der Waals surface area contributed by atoms with Crippen LogP contribution in [0, 0.1) is 0 Å². The number of aliphatic hydroxyl groups excluding tert-OH is 1. The Morgan fingerprint density at radius 2 is 1.10 bits per heavy atom. The third-order valence-corrected chi connectivity index (χ3v) is 3.77. The van der Waals surface area contributed by atoms with Gasteiger partial charge in [0.25, 0.3) is 0 Å². The van der Waals surface area contributed by atoms with E-state index in [9.17, 15) is 9.13 Å². The van der Waals surface area contributed by atoms with Crippen molar-refractivity contribution in [2.24, 2.45) is 0 Å². The minimum Gasteiger partial charge on any atom is -0.396 e. The van der Waals surface area contributed by atoms with Gasteiger partial charge in [0, 0.05) is 15.7 Å². The van der Waals surface area contributed by atoms with Crippen LogP contribution in [0.4, 0.5) is 0 Å². The minimum atomic E-state index is -2.92. The normalized spacial score (nSPS) is 11.6. The molecule has 0 aliphatic rings. The number of aliphatic hydroxyl groups is 1. The molecule has 0 fully saturated rings. The Balaban J connectivity index is 0. The summed E-state index contributed by atoms with van der Waals surface area (Å²) in [6.07, 6.45) is 13.3.